The van der Waals surface area contributed by atoms with E-state index in [0.29, 0.717) is 5.41 Å². The van der Waals surface area contributed by atoms with Gasteiger partial charge in [0, 0.05) is 7.05 Å². The van der Waals surface area contributed by atoms with Crippen LogP contribution in [0.25, 0.3) is 0 Å². The molecule has 1 amide bonds. The van der Waals surface area contributed by atoms with Crippen molar-refractivity contribution in [1.29, 1.82) is 0 Å². The van der Waals surface area contributed by atoms with Crippen molar-refractivity contribution in [3.05, 3.63) is 52.2 Å². The largest absolute Gasteiger partial charge is 0.363 e. The Morgan fingerprint density at radius 2 is 1.91 bits per heavy atom. The molecule has 0 saturated carbocycles. The molecule has 0 atom stereocenters. The Kier molecular flexibility index (Phi) is 6.10. The number of H-pyrrole nitrogens is 1. The second-order valence-corrected chi connectivity index (χ2v) is 5.95. The van der Waals surface area contributed by atoms with Crippen LogP contribution in [0.4, 0.5) is 0 Å². The van der Waals surface area contributed by atoms with Gasteiger partial charge in [-0.1, -0.05) is 57.5 Å². The summed E-state index contributed by atoms with van der Waals surface area (Å²) < 4.78 is 1.00. The predicted octanol–water partition coefficient (Wildman–Crippen LogP) is 1.87. The summed E-state index contributed by atoms with van der Waals surface area (Å²) in [5.41, 5.74) is 6.26. The number of primary amides is 1. The van der Waals surface area contributed by atoms with Gasteiger partial charge in [-0.05, 0) is 17.4 Å². The summed E-state index contributed by atoms with van der Waals surface area (Å²) >= 11 is 0. The maximum absolute atomic E-state index is 10.6. The molecule has 2 aromatic rings. The summed E-state index contributed by atoms with van der Waals surface area (Å²) in [6, 6.07) is 10.7. The Morgan fingerprint density at radius 1 is 1.32 bits per heavy atom. The number of hydrogen-bond donors (Lipinski definition) is 2. The van der Waals surface area contributed by atoms with E-state index in [1.807, 2.05) is 0 Å². The van der Waals surface area contributed by atoms with E-state index in [1.54, 1.807) is 0 Å². The van der Waals surface area contributed by atoms with E-state index in [4.69, 9.17) is 5.73 Å². The Hall–Kier alpha value is -2.37. The average Bonchev–Trinajstić information content (AvgIpc) is 2.80. The lowest BCUT2D eigenvalue weighted by atomic mass is 9.83. The summed E-state index contributed by atoms with van der Waals surface area (Å²) in [4.78, 5) is 23.1. The number of nitrogens with one attached hydrogen (secondary N) is 1. The van der Waals surface area contributed by atoms with Gasteiger partial charge in [0.1, 0.15) is 0 Å². The Morgan fingerprint density at radius 3 is 2.27 bits per heavy atom. The minimum atomic E-state index is -0.738. The molecule has 6 nitrogen and oxygen atoms in total. The van der Waals surface area contributed by atoms with Crippen molar-refractivity contribution in [3.8, 4) is 0 Å². The first-order chi connectivity index (χ1) is 10.2. The third-order valence-corrected chi connectivity index (χ3v) is 3.49. The van der Waals surface area contributed by atoms with Gasteiger partial charge >= 0.3 is 5.69 Å². The van der Waals surface area contributed by atoms with E-state index in [2.05, 4.69) is 61.2 Å². The SMILES string of the molecule is CCC(C)(C)Cc1ccccc1.Cn1nc(C(N)=O)[nH]c1=O. The molecule has 0 saturated heterocycles. The van der Waals surface area contributed by atoms with Crippen LogP contribution in [0.2, 0.25) is 0 Å². The normalized spacial score (nSPS) is 10.7. The first kappa shape index (κ1) is 17.7. The number of carbonyl (C=O) groups excluding carboxylic acids is 1. The van der Waals surface area contributed by atoms with Crippen molar-refractivity contribution in [2.45, 2.75) is 33.6 Å². The minimum Gasteiger partial charge on any atom is -0.363 e. The average molecular weight is 304 g/mol. The fraction of sp³-hybridized carbons (Fsp3) is 0.438. The molecule has 22 heavy (non-hydrogen) atoms. The number of nitrogens with zero attached hydrogens (tertiary/aromatic N) is 2. The highest BCUT2D eigenvalue weighted by molar-refractivity contribution is 5.88. The van der Waals surface area contributed by atoms with E-state index in [9.17, 15) is 9.59 Å². The van der Waals surface area contributed by atoms with E-state index < -0.39 is 11.6 Å². The van der Waals surface area contributed by atoms with Crippen LogP contribution in [0.3, 0.4) is 0 Å². The maximum Gasteiger partial charge on any atom is 0.343 e. The topological polar surface area (TPSA) is 93.8 Å². The van der Waals surface area contributed by atoms with Gasteiger partial charge in [-0.25, -0.2) is 9.48 Å². The van der Waals surface area contributed by atoms with E-state index in [0.717, 1.165) is 4.68 Å². The number of aromatic amines is 1. The second-order valence-electron chi connectivity index (χ2n) is 5.95. The Balaban J connectivity index is 0.000000224. The van der Waals surface area contributed by atoms with Crippen LogP contribution in [-0.4, -0.2) is 20.7 Å². The molecule has 0 bridgehead atoms. The number of aromatic nitrogens is 3. The van der Waals surface area contributed by atoms with E-state index in [1.165, 1.54) is 25.5 Å². The molecule has 0 aliphatic carbocycles. The number of rotatable bonds is 4. The smallest absolute Gasteiger partial charge is 0.343 e. The van der Waals surface area contributed by atoms with Gasteiger partial charge in [0.25, 0.3) is 5.91 Å². The van der Waals surface area contributed by atoms with Crippen LogP contribution in [0, 0.1) is 5.41 Å². The summed E-state index contributed by atoms with van der Waals surface area (Å²) in [5.74, 6) is -0.856. The highest BCUT2D eigenvalue weighted by atomic mass is 16.2. The van der Waals surface area contributed by atoms with Crippen LogP contribution in [0.1, 0.15) is 43.4 Å². The molecule has 120 valence electrons. The maximum atomic E-state index is 10.6. The molecule has 1 heterocycles. The molecule has 1 aromatic carbocycles. The standard InChI is InChI=1S/C12H18.C4H6N4O2/c1-4-12(2,3)10-11-8-6-5-7-9-11;1-8-4(10)6-3(7-8)2(5)9/h5-9H,4,10H2,1-3H3;1H3,(H2,5,9)(H,6,7,10). The molecule has 2 rings (SSSR count). The van der Waals surface area contributed by atoms with Gasteiger partial charge in [-0.3, -0.25) is 9.78 Å². The van der Waals surface area contributed by atoms with Gasteiger partial charge < -0.3 is 5.73 Å². The molecule has 0 aliphatic rings. The van der Waals surface area contributed by atoms with Gasteiger partial charge in [0.05, 0.1) is 0 Å². The van der Waals surface area contributed by atoms with Crippen LogP contribution in [-0.2, 0) is 13.5 Å². The molecule has 0 radical (unpaired) electrons. The molecule has 0 unspecified atom stereocenters. The van der Waals surface area contributed by atoms with Crippen LogP contribution in [0.15, 0.2) is 35.1 Å². The molecular formula is C16H24N4O2. The highest BCUT2D eigenvalue weighted by Gasteiger charge is 2.14. The van der Waals surface area contributed by atoms with Crippen molar-refractivity contribution >= 4 is 5.91 Å². The molecule has 0 spiro atoms. The van der Waals surface area contributed by atoms with Crippen molar-refractivity contribution < 1.29 is 4.79 Å². The summed E-state index contributed by atoms with van der Waals surface area (Å²) in [6.45, 7) is 6.89. The highest BCUT2D eigenvalue weighted by Crippen LogP contribution is 2.24. The van der Waals surface area contributed by atoms with Crippen LogP contribution in [0.5, 0.6) is 0 Å². The van der Waals surface area contributed by atoms with E-state index >= 15 is 0 Å². The Bertz CT molecular complexity index is 656. The number of aryl methyl sites for hydroxylation is 1. The molecule has 6 heteroatoms. The molecule has 1 aromatic heterocycles. The third-order valence-electron chi connectivity index (χ3n) is 3.49. The molecule has 0 aliphatic heterocycles. The lowest BCUT2D eigenvalue weighted by Crippen LogP contribution is -2.14. The van der Waals surface area contributed by atoms with E-state index in [-0.39, 0.29) is 5.82 Å². The first-order valence-electron chi connectivity index (χ1n) is 7.22. The quantitative estimate of drug-likeness (QED) is 0.903. The van der Waals surface area contributed by atoms with Crippen molar-refractivity contribution in [1.82, 2.24) is 14.8 Å². The molecular weight excluding hydrogens is 280 g/mol. The van der Waals surface area contributed by atoms with Crippen molar-refractivity contribution in [2.24, 2.45) is 18.2 Å². The number of hydrogen-bond acceptors (Lipinski definition) is 3. The molecule has 0 fully saturated rings. The second kappa shape index (κ2) is 7.59. The van der Waals surface area contributed by atoms with Crippen molar-refractivity contribution in [3.63, 3.8) is 0 Å². The zero-order chi connectivity index (χ0) is 16.8. The lowest BCUT2D eigenvalue weighted by molar-refractivity contribution is 0.0990. The fourth-order valence-electron chi connectivity index (χ4n) is 1.79. The number of nitrogens with two attached hydrogens (primary N) is 1. The van der Waals surface area contributed by atoms with Gasteiger partial charge in [-0.15, -0.1) is 5.10 Å². The minimum absolute atomic E-state index is 0.118. The fourth-order valence-corrected chi connectivity index (χ4v) is 1.79. The van der Waals surface area contributed by atoms with Gasteiger partial charge in [0.15, 0.2) is 0 Å². The first-order valence-corrected chi connectivity index (χ1v) is 7.22. The summed E-state index contributed by atoms with van der Waals surface area (Å²) in [6.07, 6.45) is 2.42. The van der Waals surface area contributed by atoms with Crippen LogP contribution >= 0.6 is 0 Å². The van der Waals surface area contributed by atoms with Gasteiger partial charge in [0.2, 0.25) is 5.82 Å². The number of benzene rings is 1. The number of amides is 1. The predicted molar refractivity (Wildman–Crippen MR) is 86.6 cm³/mol. The Labute approximate surface area is 130 Å². The number of carbonyl (C=O) groups is 1. The third kappa shape index (κ3) is 5.55. The zero-order valence-electron chi connectivity index (χ0n) is 13.6. The van der Waals surface area contributed by atoms with Crippen LogP contribution < -0.4 is 11.4 Å². The molecule has 3 N–H and O–H groups in total. The summed E-state index contributed by atoms with van der Waals surface area (Å²) in [5, 5.41) is 3.48. The summed E-state index contributed by atoms with van der Waals surface area (Å²) in [7, 11) is 1.42. The lowest BCUT2D eigenvalue weighted by Gasteiger charge is -2.22. The van der Waals surface area contributed by atoms with Gasteiger partial charge in [-0.2, -0.15) is 0 Å². The zero-order valence-corrected chi connectivity index (χ0v) is 13.6. The monoisotopic (exact) mass is 304 g/mol. The van der Waals surface area contributed by atoms with Crippen molar-refractivity contribution in [2.75, 3.05) is 0 Å².